The number of hydrogen-bond donors (Lipinski definition) is 1. The van der Waals surface area contributed by atoms with E-state index in [0.29, 0.717) is 17.1 Å². The number of imide groups is 1. The molecule has 2 heterocycles. The van der Waals surface area contributed by atoms with Gasteiger partial charge in [-0.2, -0.15) is 10.1 Å². The predicted molar refractivity (Wildman–Crippen MR) is 105 cm³/mol. The molecule has 1 aliphatic heterocycles. The highest BCUT2D eigenvalue weighted by Crippen LogP contribution is 2.73. The van der Waals surface area contributed by atoms with Crippen molar-refractivity contribution in [2.75, 3.05) is 0 Å². The minimum absolute atomic E-state index is 0.130. The number of hydrogen-bond acceptors (Lipinski definition) is 5. The van der Waals surface area contributed by atoms with Crippen molar-refractivity contribution in [2.24, 2.45) is 34.2 Å². The van der Waals surface area contributed by atoms with Gasteiger partial charge in [0.25, 0.3) is 11.8 Å². The van der Waals surface area contributed by atoms with Crippen LogP contribution < -0.4 is 0 Å². The predicted octanol–water partition coefficient (Wildman–Crippen LogP) is 3.18. The number of carboxylic acids is 1. The van der Waals surface area contributed by atoms with Crippen molar-refractivity contribution >= 4 is 24.0 Å². The third-order valence-electron chi connectivity index (χ3n) is 7.18. The summed E-state index contributed by atoms with van der Waals surface area (Å²) in [7, 11) is 0. The highest BCUT2D eigenvalue weighted by atomic mass is 16.4. The Morgan fingerprint density at radius 3 is 2.37 bits per heavy atom. The molecular weight excluding hydrogens is 384 g/mol. The number of rotatable bonds is 4. The van der Waals surface area contributed by atoms with Gasteiger partial charge in [-0.05, 0) is 48.3 Å². The molecule has 2 saturated carbocycles. The molecule has 30 heavy (non-hydrogen) atoms. The standard InChI is InChI=1S/C23H18N2O5/c26-20-18-15-6-7-16(23(15)9-10-23)19(18)21(27)25(20)24-11-12-5-8-17(30-12)13-3-1-2-4-14(13)22(28)29/h1-8,11,15-16,18-19H,9-10H2,(H,28,29)/b24-11-/t15-,16-,18-,19-/m1/s1. The first-order valence-electron chi connectivity index (χ1n) is 10.0. The van der Waals surface area contributed by atoms with Crippen LogP contribution in [0.25, 0.3) is 11.3 Å². The van der Waals surface area contributed by atoms with Gasteiger partial charge in [0.1, 0.15) is 11.5 Å². The number of hydrazone groups is 1. The Hall–Kier alpha value is -3.48. The molecule has 1 saturated heterocycles. The van der Waals surface area contributed by atoms with Gasteiger partial charge in [0, 0.05) is 5.56 Å². The van der Waals surface area contributed by atoms with Crippen molar-refractivity contribution in [1.82, 2.24) is 5.01 Å². The number of carbonyl (C=O) groups excluding carboxylic acids is 2. The number of nitrogens with zero attached hydrogens (tertiary/aromatic N) is 2. The van der Waals surface area contributed by atoms with E-state index < -0.39 is 5.97 Å². The Labute approximate surface area is 171 Å². The molecule has 0 unspecified atom stereocenters. The van der Waals surface area contributed by atoms with E-state index in [9.17, 15) is 19.5 Å². The summed E-state index contributed by atoms with van der Waals surface area (Å²) in [6.45, 7) is 0. The summed E-state index contributed by atoms with van der Waals surface area (Å²) in [5, 5.41) is 14.5. The summed E-state index contributed by atoms with van der Waals surface area (Å²) in [6, 6.07) is 9.82. The normalized spacial score (nSPS) is 30.1. The molecule has 7 nitrogen and oxygen atoms in total. The van der Waals surface area contributed by atoms with E-state index in [0.717, 1.165) is 17.9 Å². The van der Waals surface area contributed by atoms with E-state index in [4.69, 9.17) is 4.42 Å². The molecule has 2 bridgehead atoms. The van der Waals surface area contributed by atoms with Crippen LogP contribution in [0, 0.1) is 29.1 Å². The second-order valence-electron chi connectivity index (χ2n) is 8.51. The smallest absolute Gasteiger partial charge is 0.336 e. The molecule has 2 amide bonds. The van der Waals surface area contributed by atoms with Crippen molar-refractivity contribution in [2.45, 2.75) is 12.8 Å². The topological polar surface area (TPSA) is 100 Å². The van der Waals surface area contributed by atoms with Gasteiger partial charge in [-0.3, -0.25) is 9.59 Å². The maximum Gasteiger partial charge on any atom is 0.336 e. The summed E-state index contributed by atoms with van der Waals surface area (Å²) < 4.78 is 5.71. The van der Waals surface area contributed by atoms with Crippen LogP contribution >= 0.6 is 0 Å². The number of fused-ring (bicyclic) bond motifs is 3. The Balaban J connectivity index is 1.25. The lowest BCUT2D eigenvalue weighted by molar-refractivity contribution is -0.141. The van der Waals surface area contributed by atoms with Crippen LogP contribution in [-0.4, -0.2) is 34.1 Å². The summed E-state index contributed by atoms with van der Waals surface area (Å²) in [5.41, 5.74) is 0.735. The van der Waals surface area contributed by atoms with Gasteiger partial charge in [0.2, 0.25) is 0 Å². The minimum Gasteiger partial charge on any atom is -0.478 e. The van der Waals surface area contributed by atoms with E-state index in [1.165, 1.54) is 12.3 Å². The first-order valence-corrected chi connectivity index (χ1v) is 10.0. The van der Waals surface area contributed by atoms with Gasteiger partial charge < -0.3 is 9.52 Å². The van der Waals surface area contributed by atoms with Crippen molar-refractivity contribution in [3.63, 3.8) is 0 Å². The lowest BCUT2D eigenvalue weighted by atomic mass is 9.85. The van der Waals surface area contributed by atoms with Crippen molar-refractivity contribution in [3.05, 3.63) is 59.9 Å². The minimum atomic E-state index is -1.05. The highest BCUT2D eigenvalue weighted by molar-refractivity contribution is 6.07. The van der Waals surface area contributed by atoms with Crippen LogP contribution in [0.1, 0.15) is 29.0 Å². The fraction of sp³-hybridized carbons (Fsp3) is 0.304. The Kier molecular flexibility index (Phi) is 3.35. The van der Waals surface area contributed by atoms with E-state index in [-0.39, 0.29) is 46.5 Å². The summed E-state index contributed by atoms with van der Waals surface area (Å²) in [4.78, 5) is 37.3. The van der Waals surface area contributed by atoms with E-state index >= 15 is 0 Å². The molecule has 3 fully saturated rings. The van der Waals surface area contributed by atoms with Crippen LogP contribution in [0.4, 0.5) is 0 Å². The van der Waals surface area contributed by atoms with E-state index in [2.05, 4.69) is 17.3 Å². The SMILES string of the molecule is O=C(O)c1ccccc1-c1ccc(/C=N\N2C(=O)[C@H]3[C@H](C2=O)[C@H]2C=C[C@H]3C23CC3)o1. The Bertz CT molecular complexity index is 1140. The van der Waals surface area contributed by atoms with Crippen molar-refractivity contribution in [3.8, 4) is 11.3 Å². The van der Waals surface area contributed by atoms with Crippen molar-refractivity contribution < 1.29 is 23.9 Å². The fourth-order valence-electron chi connectivity index (χ4n) is 5.74. The molecule has 7 heteroatoms. The first-order chi connectivity index (χ1) is 14.5. The molecule has 3 aliphatic carbocycles. The van der Waals surface area contributed by atoms with Crippen LogP contribution in [0.2, 0.25) is 0 Å². The number of benzene rings is 1. The van der Waals surface area contributed by atoms with Crippen LogP contribution in [0.15, 0.2) is 58.1 Å². The fourth-order valence-corrected chi connectivity index (χ4v) is 5.74. The molecule has 1 N–H and O–H groups in total. The third kappa shape index (κ3) is 2.15. The zero-order valence-corrected chi connectivity index (χ0v) is 15.9. The van der Waals surface area contributed by atoms with E-state index in [1.807, 2.05) is 0 Å². The van der Waals surface area contributed by atoms with Gasteiger partial charge in [-0.15, -0.1) is 0 Å². The summed E-state index contributed by atoms with van der Waals surface area (Å²) >= 11 is 0. The van der Waals surface area contributed by atoms with Gasteiger partial charge >= 0.3 is 5.97 Å². The van der Waals surface area contributed by atoms with Gasteiger partial charge in [0.15, 0.2) is 0 Å². The molecule has 1 aromatic heterocycles. The molecule has 150 valence electrons. The number of carbonyl (C=O) groups is 3. The number of amides is 2. The number of aromatic carboxylic acids is 1. The largest absolute Gasteiger partial charge is 0.478 e. The van der Waals surface area contributed by atoms with Gasteiger partial charge in [0.05, 0.1) is 23.6 Å². The second-order valence-corrected chi connectivity index (χ2v) is 8.51. The number of carboxylic acid groups (broad SMARTS) is 1. The van der Waals surface area contributed by atoms with Gasteiger partial charge in [-0.25, -0.2) is 4.79 Å². The molecule has 1 aromatic carbocycles. The summed E-state index contributed by atoms with van der Waals surface area (Å²) in [6.07, 6.45) is 7.77. The zero-order valence-electron chi connectivity index (χ0n) is 15.9. The Morgan fingerprint density at radius 2 is 1.73 bits per heavy atom. The molecule has 0 radical (unpaired) electrons. The third-order valence-corrected chi connectivity index (χ3v) is 7.18. The summed E-state index contributed by atoms with van der Waals surface area (Å²) in [5.74, 6) is -1.05. The molecular formula is C23H18N2O5. The first kappa shape index (κ1) is 17.4. The quantitative estimate of drug-likeness (QED) is 0.481. The maximum atomic E-state index is 12.9. The highest BCUT2D eigenvalue weighted by Gasteiger charge is 2.73. The van der Waals surface area contributed by atoms with E-state index in [1.54, 1.807) is 30.3 Å². The van der Waals surface area contributed by atoms with Crippen LogP contribution in [0.5, 0.6) is 0 Å². The average molecular weight is 402 g/mol. The Morgan fingerprint density at radius 1 is 1.07 bits per heavy atom. The monoisotopic (exact) mass is 402 g/mol. The molecule has 4 atom stereocenters. The lowest BCUT2D eigenvalue weighted by Crippen LogP contribution is -2.30. The second kappa shape index (κ2) is 5.78. The van der Waals surface area contributed by atoms with Crippen LogP contribution in [0.3, 0.4) is 0 Å². The lowest BCUT2D eigenvalue weighted by Gasteiger charge is -2.18. The molecule has 6 rings (SSSR count). The van der Waals surface area contributed by atoms with Crippen LogP contribution in [-0.2, 0) is 9.59 Å². The number of allylic oxidation sites excluding steroid dienone is 2. The molecule has 2 aromatic rings. The number of furan rings is 1. The van der Waals surface area contributed by atoms with Gasteiger partial charge in [-0.1, -0.05) is 30.4 Å². The van der Waals surface area contributed by atoms with Crippen molar-refractivity contribution in [1.29, 1.82) is 0 Å². The molecule has 4 aliphatic rings. The zero-order chi connectivity index (χ0) is 20.6. The maximum absolute atomic E-state index is 12.9. The average Bonchev–Trinajstić information content (AvgIpc) is 3.03. The molecule has 1 spiro atoms.